The maximum atomic E-state index is 10.7. The minimum Gasteiger partial charge on any atom is -0.478 e. The number of allylic oxidation sites excluding steroid dienone is 1. The average molecular weight is 225 g/mol. The third-order valence-corrected chi connectivity index (χ3v) is 2.01. The zero-order valence-electron chi connectivity index (χ0n) is 8.66. The van der Waals surface area contributed by atoms with E-state index in [0.29, 0.717) is 6.42 Å². The molecule has 0 aliphatic carbocycles. The van der Waals surface area contributed by atoms with Gasteiger partial charge in [0.15, 0.2) is 0 Å². The van der Waals surface area contributed by atoms with Gasteiger partial charge in [0.2, 0.25) is 6.33 Å². The zero-order chi connectivity index (χ0) is 12.1. The number of aliphatic carboxylic acids is 1. The lowest BCUT2D eigenvalue weighted by molar-refractivity contribution is -0.389. The van der Waals surface area contributed by atoms with Crippen LogP contribution in [0.25, 0.3) is 0 Å². The number of aromatic nitrogens is 2. The molecule has 1 N–H and O–H groups in total. The molecule has 0 saturated carbocycles. The first kappa shape index (κ1) is 11.9. The highest BCUT2D eigenvalue weighted by atomic mass is 16.6. The molecule has 0 spiro atoms. The molecule has 0 aliphatic heterocycles. The van der Waals surface area contributed by atoms with Crippen molar-refractivity contribution in [2.45, 2.75) is 19.9 Å². The predicted octanol–water partition coefficient (Wildman–Crippen LogP) is 1.21. The lowest BCUT2D eigenvalue weighted by atomic mass is 10.2. The molecule has 0 atom stereocenters. The Labute approximate surface area is 91.2 Å². The molecule has 0 unspecified atom stereocenters. The van der Waals surface area contributed by atoms with E-state index in [9.17, 15) is 14.9 Å². The number of nitrogens with zero attached hydrogens (tertiary/aromatic N) is 3. The standard InChI is InChI=1S/C9H11N3O4/c1-2-7(9(13)14)3-4-11-5-8(10-6-11)12(15)16/h3,5-6H,2,4H2,1H3,(H,13,14). The van der Waals surface area contributed by atoms with E-state index >= 15 is 0 Å². The van der Waals surface area contributed by atoms with E-state index in [2.05, 4.69) is 4.98 Å². The van der Waals surface area contributed by atoms with Crippen LogP contribution in [0.2, 0.25) is 0 Å². The Morgan fingerprint density at radius 1 is 1.75 bits per heavy atom. The fourth-order valence-corrected chi connectivity index (χ4v) is 1.14. The van der Waals surface area contributed by atoms with Crippen LogP contribution >= 0.6 is 0 Å². The van der Waals surface area contributed by atoms with Crippen molar-refractivity contribution in [2.75, 3.05) is 0 Å². The SMILES string of the molecule is CCC(=CCn1cnc([N+](=O)[O-])c1)C(=O)O. The molecule has 0 amide bonds. The molecular formula is C9H11N3O4. The van der Waals surface area contributed by atoms with Gasteiger partial charge >= 0.3 is 11.8 Å². The number of rotatable bonds is 5. The van der Waals surface area contributed by atoms with E-state index in [4.69, 9.17) is 5.11 Å². The third-order valence-electron chi connectivity index (χ3n) is 2.01. The lowest BCUT2D eigenvalue weighted by Gasteiger charge is -1.97. The summed E-state index contributed by atoms with van der Waals surface area (Å²) < 4.78 is 1.46. The van der Waals surface area contributed by atoms with Gasteiger partial charge in [-0.2, -0.15) is 0 Å². The summed E-state index contributed by atoms with van der Waals surface area (Å²) >= 11 is 0. The molecule has 0 bridgehead atoms. The molecular weight excluding hydrogens is 214 g/mol. The summed E-state index contributed by atoms with van der Waals surface area (Å²) in [6.07, 6.45) is 4.47. The minimum atomic E-state index is -0.975. The number of hydrogen-bond acceptors (Lipinski definition) is 4. The quantitative estimate of drug-likeness (QED) is 0.461. The van der Waals surface area contributed by atoms with Crippen LogP contribution in [0, 0.1) is 10.1 Å². The number of carboxylic acid groups (broad SMARTS) is 1. The van der Waals surface area contributed by atoms with Crippen LogP contribution in [0.4, 0.5) is 5.82 Å². The number of imidazole rings is 1. The molecule has 7 heteroatoms. The Balaban J connectivity index is 2.73. The lowest BCUT2D eigenvalue weighted by Crippen LogP contribution is -2.01. The van der Waals surface area contributed by atoms with Gasteiger partial charge in [0.05, 0.1) is 0 Å². The number of hydrogen-bond donors (Lipinski definition) is 1. The second-order valence-electron chi connectivity index (χ2n) is 3.07. The van der Waals surface area contributed by atoms with Crippen LogP contribution in [-0.2, 0) is 11.3 Å². The molecule has 7 nitrogen and oxygen atoms in total. The van der Waals surface area contributed by atoms with Crippen molar-refractivity contribution in [1.82, 2.24) is 9.55 Å². The summed E-state index contributed by atoms with van der Waals surface area (Å²) in [5.41, 5.74) is 0.274. The molecule has 16 heavy (non-hydrogen) atoms. The van der Waals surface area contributed by atoms with Crippen LogP contribution < -0.4 is 0 Å². The van der Waals surface area contributed by atoms with Crippen LogP contribution in [0.1, 0.15) is 13.3 Å². The highest BCUT2D eigenvalue weighted by Crippen LogP contribution is 2.07. The Morgan fingerprint density at radius 3 is 2.88 bits per heavy atom. The first-order chi connectivity index (χ1) is 7.54. The van der Waals surface area contributed by atoms with Crippen molar-refractivity contribution in [3.63, 3.8) is 0 Å². The van der Waals surface area contributed by atoms with Gasteiger partial charge in [0, 0.05) is 12.1 Å². The van der Waals surface area contributed by atoms with Crippen molar-refractivity contribution in [3.8, 4) is 0 Å². The summed E-state index contributed by atoms with van der Waals surface area (Å²) in [6, 6.07) is 0. The van der Waals surface area contributed by atoms with Crippen LogP contribution in [-0.4, -0.2) is 25.6 Å². The molecule has 1 rings (SSSR count). The van der Waals surface area contributed by atoms with Gasteiger partial charge in [-0.15, -0.1) is 0 Å². The smallest absolute Gasteiger partial charge is 0.381 e. The molecule has 1 aromatic rings. The van der Waals surface area contributed by atoms with Crippen LogP contribution in [0.15, 0.2) is 24.2 Å². The normalized spacial score (nSPS) is 11.4. The number of nitro groups is 1. The number of carbonyl (C=O) groups is 1. The highest BCUT2D eigenvalue weighted by Gasteiger charge is 2.09. The molecule has 0 saturated heterocycles. The predicted molar refractivity (Wildman–Crippen MR) is 54.9 cm³/mol. The van der Waals surface area contributed by atoms with Crippen LogP contribution in [0.3, 0.4) is 0 Å². The molecule has 1 aromatic heterocycles. The molecule has 0 radical (unpaired) electrons. The van der Waals surface area contributed by atoms with Crippen molar-refractivity contribution in [3.05, 3.63) is 34.3 Å². The highest BCUT2D eigenvalue weighted by molar-refractivity contribution is 5.86. The molecule has 1 heterocycles. The monoisotopic (exact) mass is 225 g/mol. The van der Waals surface area contributed by atoms with Gasteiger partial charge in [0.25, 0.3) is 0 Å². The Bertz CT molecular complexity index is 436. The second-order valence-corrected chi connectivity index (χ2v) is 3.07. The van der Waals surface area contributed by atoms with E-state index in [1.165, 1.54) is 23.2 Å². The molecule has 0 aromatic carbocycles. The summed E-state index contributed by atoms with van der Waals surface area (Å²) in [5.74, 6) is -1.22. The van der Waals surface area contributed by atoms with Gasteiger partial charge in [-0.3, -0.25) is 0 Å². The third kappa shape index (κ3) is 2.91. The van der Waals surface area contributed by atoms with E-state index in [1.54, 1.807) is 6.92 Å². The zero-order valence-corrected chi connectivity index (χ0v) is 8.66. The van der Waals surface area contributed by atoms with Crippen molar-refractivity contribution in [2.24, 2.45) is 0 Å². The topological polar surface area (TPSA) is 98.3 Å². The first-order valence-corrected chi connectivity index (χ1v) is 4.63. The second kappa shape index (κ2) is 5.06. The largest absolute Gasteiger partial charge is 0.478 e. The maximum absolute atomic E-state index is 10.7. The van der Waals surface area contributed by atoms with Crippen molar-refractivity contribution in [1.29, 1.82) is 0 Å². The molecule has 0 aliphatic rings. The average Bonchev–Trinajstić information content (AvgIpc) is 2.67. The van der Waals surface area contributed by atoms with E-state index < -0.39 is 10.9 Å². The van der Waals surface area contributed by atoms with E-state index in [0.717, 1.165) is 0 Å². The van der Waals surface area contributed by atoms with Gasteiger partial charge in [-0.25, -0.2) is 4.79 Å². The van der Waals surface area contributed by atoms with Gasteiger partial charge in [0.1, 0.15) is 6.20 Å². The van der Waals surface area contributed by atoms with Crippen LogP contribution in [0.5, 0.6) is 0 Å². The van der Waals surface area contributed by atoms with Crippen molar-refractivity contribution < 1.29 is 14.8 Å². The van der Waals surface area contributed by atoms with Crippen molar-refractivity contribution >= 4 is 11.8 Å². The summed E-state index contributed by atoms with van der Waals surface area (Å²) in [4.78, 5) is 24.0. The Hall–Kier alpha value is -2.18. The van der Waals surface area contributed by atoms with Gasteiger partial charge in [-0.1, -0.05) is 13.0 Å². The van der Waals surface area contributed by atoms with E-state index in [-0.39, 0.29) is 17.9 Å². The molecule has 0 fully saturated rings. The van der Waals surface area contributed by atoms with Gasteiger partial charge in [-0.05, 0) is 16.3 Å². The van der Waals surface area contributed by atoms with Gasteiger partial charge < -0.3 is 19.8 Å². The fraction of sp³-hybridized carbons (Fsp3) is 0.333. The molecule has 86 valence electrons. The van der Waals surface area contributed by atoms with E-state index in [1.807, 2.05) is 0 Å². The Morgan fingerprint density at radius 2 is 2.44 bits per heavy atom. The fourth-order valence-electron chi connectivity index (χ4n) is 1.14. The number of carboxylic acids is 1. The Kier molecular flexibility index (Phi) is 3.76. The first-order valence-electron chi connectivity index (χ1n) is 4.63. The summed E-state index contributed by atoms with van der Waals surface area (Å²) in [5, 5.41) is 19.1. The summed E-state index contributed by atoms with van der Waals surface area (Å²) in [6.45, 7) is 1.99. The summed E-state index contributed by atoms with van der Waals surface area (Å²) in [7, 11) is 0. The minimum absolute atomic E-state index is 0.248. The maximum Gasteiger partial charge on any atom is 0.381 e.